The van der Waals surface area contributed by atoms with Crippen LogP contribution in [0.2, 0.25) is 0 Å². The first-order chi connectivity index (χ1) is 10.4. The lowest BCUT2D eigenvalue weighted by Crippen LogP contribution is -2.29. The van der Waals surface area contributed by atoms with E-state index in [-0.39, 0.29) is 23.7 Å². The minimum atomic E-state index is -4.10. The maximum atomic E-state index is 12.2. The van der Waals surface area contributed by atoms with Crippen molar-refractivity contribution in [1.82, 2.24) is 5.32 Å². The van der Waals surface area contributed by atoms with Crippen molar-refractivity contribution in [3.05, 3.63) is 35.4 Å². The molecular weight excluding hydrogens is 291 g/mol. The van der Waals surface area contributed by atoms with E-state index < -0.39 is 12.6 Å². The van der Waals surface area contributed by atoms with Gasteiger partial charge in [0.15, 0.2) is 0 Å². The Labute approximate surface area is 128 Å². The van der Waals surface area contributed by atoms with Crippen molar-refractivity contribution in [3.63, 3.8) is 0 Å². The van der Waals surface area contributed by atoms with Crippen LogP contribution in [-0.2, 0) is 16.6 Å². The monoisotopic (exact) mass is 311 g/mol. The molecule has 120 valence electrons. The van der Waals surface area contributed by atoms with Gasteiger partial charge in [-0.05, 0) is 43.2 Å². The molecule has 0 aromatic heterocycles. The normalized spacial score (nSPS) is 26.0. The quantitative estimate of drug-likeness (QED) is 0.825. The predicted molar refractivity (Wildman–Crippen MR) is 77.5 cm³/mol. The topological polar surface area (TPSA) is 29.1 Å². The van der Waals surface area contributed by atoms with Crippen molar-refractivity contribution in [2.24, 2.45) is 5.92 Å². The largest absolute Gasteiger partial charge is 0.389 e. The van der Waals surface area contributed by atoms with Crippen LogP contribution < -0.4 is 5.32 Å². The van der Waals surface area contributed by atoms with E-state index in [0.717, 1.165) is 19.3 Å². The van der Waals surface area contributed by atoms with Gasteiger partial charge in [0.25, 0.3) is 0 Å². The highest BCUT2D eigenvalue weighted by atomic mass is 19.4. The van der Waals surface area contributed by atoms with Gasteiger partial charge in [0.2, 0.25) is 5.91 Å². The van der Waals surface area contributed by atoms with E-state index >= 15 is 0 Å². The Morgan fingerprint density at radius 1 is 1.27 bits per heavy atom. The number of aryl methyl sites for hydroxylation is 1. The Hall–Kier alpha value is -1.52. The van der Waals surface area contributed by atoms with Gasteiger partial charge in [-0.3, -0.25) is 4.79 Å². The van der Waals surface area contributed by atoms with Gasteiger partial charge in [-0.25, -0.2) is 0 Å². The minimum Gasteiger partial charge on any atom is -0.356 e. The van der Waals surface area contributed by atoms with Crippen molar-refractivity contribution in [2.75, 3.05) is 6.54 Å². The zero-order valence-electron chi connectivity index (χ0n) is 12.4. The van der Waals surface area contributed by atoms with Crippen LogP contribution >= 0.6 is 0 Å². The summed E-state index contributed by atoms with van der Waals surface area (Å²) in [5, 5.41) is 2.81. The third kappa shape index (κ3) is 2.99. The number of nitrogens with one attached hydrogen (secondary N) is 1. The van der Waals surface area contributed by atoms with Crippen molar-refractivity contribution in [1.29, 1.82) is 0 Å². The average molecular weight is 311 g/mol. The molecule has 2 aliphatic carbocycles. The molecule has 3 rings (SSSR count). The molecule has 0 heterocycles. The molecule has 5 heteroatoms. The van der Waals surface area contributed by atoms with Crippen LogP contribution in [0, 0.1) is 5.92 Å². The van der Waals surface area contributed by atoms with Gasteiger partial charge in [-0.15, -0.1) is 0 Å². The molecule has 2 aliphatic rings. The third-order valence-electron chi connectivity index (χ3n) is 4.97. The van der Waals surface area contributed by atoms with Gasteiger partial charge < -0.3 is 5.32 Å². The number of carbonyl (C=O) groups is 1. The van der Waals surface area contributed by atoms with E-state index in [1.54, 1.807) is 0 Å². The van der Waals surface area contributed by atoms with E-state index in [2.05, 4.69) is 17.4 Å². The highest BCUT2D eigenvalue weighted by Gasteiger charge is 2.61. The highest BCUT2D eigenvalue weighted by Crippen LogP contribution is 2.61. The first-order valence-corrected chi connectivity index (χ1v) is 7.85. The van der Waals surface area contributed by atoms with Crippen LogP contribution in [0.3, 0.4) is 0 Å². The Morgan fingerprint density at radius 3 is 2.82 bits per heavy atom. The van der Waals surface area contributed by atoms with Gasteiger partial charge >= 0.3 is 6.18 Å². The molecule has 1 saturated carbocycles. The second kappa shape index (κ2) is 5.60. The van der Waals surface area contributed by atoms with Gasteiger partial charge in [0, 0.05) is 24.3 Å². The molecule has 0 radical (unpaired) electrons. The summed E-state index contributed by atoms with van der Waals surface area (Å²) < 4.78 is 36.1. The van der Waals surface area contributed by atoms with Crippen LogP contribution in [-0.4, -0.2) is 18.6 Å². The standard InChI is InChI=1S/C17H20F3NO/c18-17(19,20)8-3-4-10-21-15(22)14-11-16(14)9-7-12-5-1-2-6-13(12)16/h1-2,5-6,14H,3-4,7-11H2,(H,21,22)/t14-,16-/m1/s1. The van der Waals surface area contributed by atoms with Crippen molar-refractivity contribution in [3.8, 4) is 0 Å². The van der Waals surface area contributed by atoms with Crippen LogP contribution in [0.15, 0.2) is 24.3 Å². The van der Waals surface area contributed by atoms with E-state index in [9.17, 15) is 18.0 Å². The average Bonchev–Trinajstić information content (AvgIpc) is 3.08. The molecule has 22 heavy (non-hydrogen) atoms. The molecule has 1 aromatic carbocycles. The number of halogens is 3. The fraction of sp³-hybridized carbons (Fsp3) is 0.588. The Kier molecular flexibility index (Phi) is 3.91. The van der Waals surface area contributed by atoms with E-state index in [1.807, 2.05) is 12.1 Å². The summed E-state index contributed by atoms with van der Waals surface area (Å²) in [7, 11) is 0. The molecule has 1 spiro atoms. The predicted octanol–water partition coefficient (Wildman–Crippen LogP) is 3.74. The number of amides is 1. The molecule has 2 nitrogen and oxygen atoms in total. The second-order valence-electron chi connectivity index (χ2n) is 6.43. The fourth-order valence-electron chi connectivity index (χ4n) is 3.72. The van der Waals surface area contributed by atoms with E-state index in [4.69, 9.17) is 0 Å². The summed E-state index contributed by atoms with van der Waals surface area (Å²) in [5.74, 6) is 0.00229. The maximum absolute atomic E-state index is 12.2. The maximum Gasteiger partial charge on any atom is 0.389 e. The third-order valence-corrected chi connectivity index (χ3v) is 4.97. The van der Waals surface area contributed by atoms with Crippen LogP contribution in [0.1, 0.15) is 43.2 Å². The van der Waals surface area contributed by atoms with Crippen LogP contribution in [0.25, 0.3) is 0 Å². The van der Waals surface area contributed by atoms with E-state index in [1.165, 1.54) is 11.1 Å². The lowest BCUT2D eigenvalue weighted by molar-refractivity contribution is -0.135. The summed E-state index contributed by atoms with van der Waals surface area (Å²) in [6.07, 6.45) is -1.52. The number of benzene rings is 1. The minimum absolute atomic E-state index is 0.00114. The molecule has 1 fully saturated rings. The number of unbranched alkanes of at least 4 members (excludes halogenated alkanes) is 1. The summed E-state index contributed by atoms with van der Waals surface area (Å²) in [6.45, 7) is 0.336. The molecule has 1 amide bonds. The molecule has 2 atom stereocenters. The summed E-state index contributed by atoms with van der Waals surface area (Å²) >= 11 is 0. The van der Waals surface area contributed by atoms with Crippen molar-refractivity contribution >= 4 is 5.91 Å². The molecule has 0 saturated heterocycles. The van der Waals surface area contributed by atoms with Gasteiger partial charge in [0.1, 0.15) is 0 Å². The second-order valence-corrected chi connectivity index (χ2v) is 6.43. The zero-order chi connectivity index (χ0) is 15.8. The summed E-state index contributed by atoms with van der Waals surface area (Å²) in [6, 6.07) is 8.26. The van der Waals surface area contributed by atoms with Crippen LogP contribution in [0.4, 0.5) is 13.2 Å². The van der Waals surface area contributed by atoms with Crippen molar-refractivity contribution < 1.29 is 18.0 Å². The zero-order valence-corrected chi connectivity index (χ0v) is 12.4. The molecular formula is C17H20F3NO. The molecule has 0 bridgehead atoms. The Morgan fingerprint density at radius 2 is 2.05 bits per heavy atom. The highest BCUT2D eigenvalue weighted by molar-refractivity contribution is 5.84. The Bertz CT molecular complexity index is 569. The summed E-state index contributed by atoms with van der Waals surface area (Å²) in [5.41, 5.74) is 2.64. The fourth-order valence-corrected chi connectivity index (χ4v) is 3.72. The molecule has 1 aromatic rings. The van der Waals surface area contributed by atoms with Crippen molar-refractivity contribution in [2.45, 2.75) is 50.1 Å². The summed E-state index contributed by atoms with van der Waals surface area (Å²) in [4.78, 5) is 12.2. The lowest BCUT2D eigenvalue weighted by Gasteiger charge is -2.12. The van der Waals surface area contributed by atoms with Gasteiger partial charge in [0.05, 0.1) is 0 Å². The SMILES string of the molecule is O=C(NCCCCC(F)(F)F)[C@H]1C[C@@]12CCc1ccccc12. The number of hydrogen-bond donors (Lipinski definition) is 1. The van der Waals surface area contributed by atoms with Gasteiger partial charge in [-0.1, -0.05) is 24.3 Å². The number of fused-ring (bicyclic) bond motifs is 2. The number of carbonyl (C=O) groups excluding carboxylic acids is 1. The number of hydrogen-bond acceptors (Lipinski definition) is 1. The molecule has 1 N–H and O–H groups in total. The molecule has 0 unspecified atom stereocenters. The first-order valence-electron chi connectivity index (χ1n) is 7.85. The van der Waals surface area contributed by atoms with Gasteiger partial charge in [-0.2, -0.15) is 13.2 Å². The first kappa shape index (κ1) is 15.4. The van der Waals surface area contributed by atoms with Crippen LogP contribution in [0.5, 0.6) is 0 Å². The van der Waals surface area contributed by atoms with E-state index in [0.29, 0.717) is 13.0 Å². The number of alkyl halides is 3. The smallest absolute Gasteiger partial charge is 0.356 e. The lowest BCUT2D eigenvalue weighted by atomic mass is 9.95. The number of rotatable bonds is 5. The molecule has 0 aliphatic heterocycles. The Balaban J connectivity index is 1.46.